The molecule has 0 aromatic heterocycles. The third kappa shape index (κ3) is 4.39. The summed E-state index contributed by atoms with van der Waals surface area (Å²) < 4.78 is 0. The van der Waals surface area contributed by atoms with Crippen LogP contribution in [0.15, 0.2) is 0 Å². The van der Waals surface area contributed by atoms with E-state index in [9.17, 15) is 9.59 Å². The van der Waals surface area contributed by atoms with Gasteiger partial charge in [0.25, 0.3) is 0 Å². The summed E-state index contributed by atoms with van der Waals surface area (Å²) in [6.07, 6.45) is 11.9. The molecular weight excluding hydrogens is 290 g/mol. The zero-order valence-corrected chi connectivity index (χ0v) is 14.3. The minimum absolute atomic E-state index is 0.0431. The van der Waals surface area contributed by atoms with Crippen LogP contribution < -0.4 is 5.32 Å². The molecule has 2 heterocycles. The Balaban J connectivity index is 1.40. The average Bonchev–Trinajstić information content (AvgIpc) is 3.02. The Hall–Kier alpha value is -1.26. The summed E-state index contributed by atoms with van der Waals surface area (Å²) in [6, 6.07) is 0.259. The lowest BCUT2D eigenvalue weighted by Crippen LogP contribution is -2.50. The van der Waals surface area contributed by atoms with Crippen LogP contribution in [-0.2, 0) is 4.79 Å². The van der Waals surface area contributed by atoms with Crippen molar-refractivity contribution in [3.05, 3.63) is 0 Å². The standard InChI is InChI=1S/C18H31N3O2/c22-17(10-4-8-15-6-2-1-3-7-15)20-12-5-9-16(14-20)21-13-11-19-18(21)23/h15-16H,1-14H2,(H,19,23)/t16-/m1/s1. The molecule has 23 heavy (non-hydrogen) atoms. The minimum atomic E-state index is 0.0431. The van der Waals surface area contributed by atoms with E-state index in [4.69, 9.17) is 0 Å². The van der Waals surface area contributed by atoms with Crippen LogP contribution in [0.2, 0.25) is 0 Å². The van der Waals surface area contributed by atoms with Gasteiger partial charge in [-0.1, -0.05) is 32.1 Å². The fourth-order valence-corrected chi connectivity index (χ4v) is 4.45. The lowest BCUT2D eigenvalue weighted by Gasteiger charge is -2.37. The monoisotopic (exact) mass is 321 g/mol. The number of hydrogen-bond donors (Lipinski definition) is 1. The number of nitrogens with one attached hydrogen (secondary N) is 1. The maximum atomic E-state index is 12.5. The fraction of sp³-hybridized carbons (Fsp3) is 0.889. The quantitative estimate of drug-likeness (QED) is 0.846. The highest BCUT2D eigenvalue weighted by molar-refractivity contribution is 5.78. The number of rotatable bonds is 5. The summed E-state index contributed by atoms with van der Waals surface area (Å²) in [5, 5.41) is 2.87. The Kier molecular flexibility index (Phi) is 5.79. The Morgan fingerprint density at radius 2 is 1.91 bits per heavy atom. The molecule has 5 nitrogen and oxygen atoms in total. The Bertz CT molecular complexity index is 420. The first-order valence-corrected chi connectivity index (χ1v) is 9.56. The number of carbonyl (C=O) groups is 2. The number of amides is 3. The van der Waals surface area contributed by atoms with E-state index in [0.717, 1.165) is 51.4 Å². The molecule has 0 aromatic carbocycles. The van der Waals surface area contributed by atoms with Crippen LogP contribution >= 0.6 is 0 Å². The van der Waals surface area contributed by atoms with Crippen LogP contribution in [0.3, 0.4) is 0 Å². The van der Waals surface area contributed by atoms with Gasteiger partial charge in [-0.05, 0) is 31.6 Å². The zero-order chi connectivity index (χ0) is 16.1. The van der Waals surface area contributed by atoms with Crippen molar-refractivity contribution in [1.82, 2.24) is 15.1 Å². The van der Waals surface area contributed by atoms with E-state index in [2.05, 4.69) is 5.32 Å². The molecule has 0 unspecified atom stereocenters. The molecule has 0 radical (unpaired) electrons. The zero-order valence-electron chi connectivity index (χ0n) is 14.3. The van der Waals surface area contributed by atoms with E-state index in [1.165, 1.54) is 38.5 Å². The molecule has 0 spiro atoms. The van der Waals surface area contributed by atoms with Crippen molar-refractivity contribution in [2.45, 2.75) is 70.3 Å². The lowest BCUT2D eigenvalue weighted by atomic mass is 9.86. The molecule has 1 aliphatic carbocycles. The lowest BCUT2D eigenvalue weighted by molar-refractivity contribution is -0.133. The SMILES string of the molecule is O=C(CCCC1CCCCC1)N1CCC[C@@H](N2CCNC2=O)C1. The highest BCUT2D eigenvalue weighted by atomic mass is 16.2. The van der Waals surface area contributed by atoms with Crippen molar-refractivity contribution in [3.8, 4) is 0 Å². The number of piperidine rings is 1. The molecule has 2 saturated heterocycles. The largest absolute Gasteiger partial charge is 0.341 e. The highest BCUT2D eigenvalue weighted by Crippen LogP contribution is 2.28. The van der Waals surface area contributed by atoms with Gasteiger partial charge in [-0.3, -0.25) is 4.79 Å². The number of carbonyl (C=O) groups excluding carboxylic acids is 2. The summed E-state index contributed by atoms with van der Waals surface area (Å²) in [6.45, 7) is 3.13. The Morgan fingerprint density at radius 3 is 2.65 bits per heavy atom. The van der Waals surface area contributed by atoms with Crippen LogP contribution in [-0.4, -0.2) is 54.0 Å². The molecule has 3 aliphatic rings. The summed E-state index contributed by atoms with van der Waals surface area (Å²) in [7, 11) is 0. The van der Waals surface area contributed by atoms with Crippen molar-refractivity contribution in [2.75, 3.05) is 26.2 Å². The molecule has 0 bridgehead atoms. The van der Waals surface area contributed by atoms with Crippen molar-refractivity contribution in [1.29, 1.82) is 0 Å². The van der Waals surface area contributed by atoms with Gasteiger partial charge >= 0.3 is 6.03 Å². The van der Waals surface area contributed by atoms with Gasteiger partial charge in [0.2, 0.25) is 5.91 Å². The summed E-state index contributed by atoms with van der Waals surface area (Å²) in [5.74, 6) is 1.16. The van der Waals surface area contributed by atoms with Gasteiger partial charge in [-0.25, -0.2) is 4.79 Å². The van der Waals surface area contributed by atoms with E-state index >= 15 is 0 Å². The molecule has 2 aliphatic heterocycles. The van der Waals surface area contributed by atoms with E-state index in [1.54, 1.807) is 0 Å². The number of hydrogen-bond acceptors (Lipinski definition) is 2. The predicted molar refractivity (Wildman–Crippen MR) is 90.1 cm³/mol. The van der Waals surface area contributed by atoms with Crippen molar-refractivity contribution in [2.24, 2.45) is 5.92 Å². The topological polar surface area (TPSA) is 52.7 Å². The predicted octanol–water partition coefficient (Wildman–Crippen LogP) is 2.75. The first-order valence-electron chi connectivity index (χ1n) is 9.56. The number of nitrogens with zero attached hydrogens (tertiary/aromatic N) is 2. The second kappa shape index (κ2) is 8.02. The second-order valence-corrected chi connectivity index (χ2v) is 7.46. The fourth-order valence-electron chi connectivity index (χ4n) is 4.45. The maximum Gasteiger partial charge on any atom is 0.317 e. The molecule has 3 rings (SSSR count). The highest BCUT2D eigenvalue weighted by Gasteiger charge is 2.32. The van der Waals surface area contributed by atoms with E-state index in [1.807, 2.05) is 9.80 Å². The van der Waals surface area contributed by atoms with Crippen molar-refractivity contribution < 1.29 is 9.59 Å². The Labute approximate surface area is 139 Å². The summed E-state index contributed by atoms with van der Waals surface area (Å²) in [4.78, 5) is 28.2. The molecule has 3 amide bonds. The van der Waals surface area contributed by atoms with Gasteiger partial charge in [-0.2, -0.15) is 0 Å². The molecule has 1 saturated carbocycles. The van der Waals surface area contributed by atoms with Crippen LogP contribution in [0.25, 0.3) is 0 Å². The van der Waals surface area contributed by atoms with E-state index in [0.29, 0.717) is 12.3 Å². The Morgan fingerprint density at radius 1 is 1.09 bits per heavy atom. The van der Waals surface area contributed by atoms with Crippen LogP contribution in [0, 0.1) is 5.92 Å². The van der Waals surface area contributed by atoms with Gasteiger partial charge in [0.15, 0.2) is 0 Å². The van der Waals surface area contributed by atoms with Gasteiger partial charge in [0.05, 0.1) is 6.04 Å². The summed E-state index contributed by atoms with van der Waals surface area (Å²) in [5.41, 5.74) is 0. The van der Waals surface area contributed by atoms with Gasteiger partial charge < -0.3 is 15.1 Å². The third-order valence-corrected chi connectivity index (χ3v) is 5.81. The molecule has 0 aromatic rings. The molecular formula is C18H31N3O2. The number of urea groups is 1. The molecule has 1 N–H and O–H groups in total. The minimum Gasteiger partial charge on any atom is -0.341 e. The van der Waals surface area contributed by atoms with E-state index < -0.39 is 0 Å². The van der Waals surface area contributed by atoms with Crippen molar-refractivity contribution in [3.63, 3.8) is 0 Å². The first kappa shape index (κ1) is 16.6. The van der Waals surface area contributed by atoms with E-state index in [-0.39, 0.29) is 12.1 Å². The van der Waals surface area contributed by atoms with Crippen LogP contribution in [0.4, 0.5) is 4.79 Å². The van der Waals surface area contributed by atoms with Crippen LogP contribution in [0.1, 0.15) is 64.2 Å². The molecule has 5 heteroatoms. The second-order valence-electron chi connectivity index (χ2n) is 7.46. The molecule has 130 valence electrons. The van der Waals surface area contributed by atoms with Crippen LogP contribution in [0.5, 0.6) is 0 Å². The smallest absolute Gasteiger partial charge is 0.317 e. The number of likely N-dealkylation sites (tertiary alicyclic amines) is 1. The third-order valence-electron chi connectivity index (χ3n) is 5.81. The van der Waals surface area contributed by atoms with Gasteiger partial charge in [-0.15, -0.1) is 0 Å². The van der Waals surface area contributed by atoms with Gasteiger partial charge in [0, 0.05) is 32.6 Å². The van der Waals surface area contributed by atoms with Gasteiger partial charge in [0.1, 0.15) is 0 Å². The molecule has 1 atom stereocenters. The van der Waals surface area contributed by atoms with Crippen molar-refractivity contribution >= 4 is 11.9 Å². The first-order chi connectivity index (χ1) is 11.2. The normalized spacial score (nSPS) is 26.4. The molecule has 3 fully saturated rings. The maximum absolute atomic E-state index is 12.5. The average molecular weight is 321 g/mol. The summed E-state index contributed by atoms with van der Waals surface area (Å²) >= 11 is 0.